The predicted molar refractivity (Wildman–Crippen MR) is 128 cm³/mol. The Morgan fingerprint density at radius 1 is 0.848 bits per heavy atom. The van der Waals surface area contributed by atoms with Crippen molar-refractivity contribution < 1.29 is 14.3 Å². The van der Waals surface area contributed by atoms with Crippen molar-refractivity contribution in [3.05, 3.63) is 65.7 Å². The average molecular weight is 447 g/mol. The van der Waals surface area contributed by atoms with Crippen LogP contribution in [0.25, 0.3) is 0 Å². The SMILES string of the molecule is COc1ccc([C@H](NC(=O)[C@@H](C)NC(=O)C23CC4CC(CC(C4)C2)C3)c2ccccc2)cc1. The molecule has 5 nitrogen and oxygen atoms in total. The molecule has 4 aliphatic rings. The predicted octanol–water partition coefficient (Wildman–Crippen LogP) is 4.62. The fourth-order valence-corrected chi connectivity index (χ4v) is 6.87. The van der Waals surface area contributed by atoms with Crippen molar-refractivity contribution in [3.63, 3.8) is 0 Å². The van der Waals surface area contributed by atoms with Crippen LogP contribution in [0.5, 0.6) is 5.75 Å². The highest BCUT2D eigenvalue weighted by molar-refractivity contribution is 5.90. The Hall–Kier alpha value is -2.82. The normalized spacial score (nSPS) is 29.2. The number of amides is 2. The van der Waals surface area contributed by atoms with E-state index >= 15 is 0 Å². The van der Waals surface area contributed by atoms with Gasteiger partial charge in [-0.1, -0.05) is 42.5 Å². The van der Waals surface area contributed by atoms with E-state index in [4.69, 9.17) is 4.74 Å². The lowest BCUT2D eigenvalue weighted by Gasteiger charge is -2.55. The first-order valence-electron chi connectivity index (χ1n) is 12.3. The van der Waals surface area contributed by atoms with E-state index in [1.807, 2.05) is 54.6 Å². The molecular weight excluding hydrogens is 412 g/mol. The third kappa shape index (κ3) is 4.38. The fourth-order valence-electron chi connectivity index (χ4n) is 6.87. The molecule has 2 atom stereocenters. The average Bonchev–Trinajstić information content (AvgIpc) is 2.82. The molecule has 5 heteroatoms. The highest BCUT2D eigenvalue weighted by Crippen LogP contribution is 2.60. The van der Waals surface area contributed by atoms with Gasteiger partial charge in [0, 0.05) is 5.41 Å². The quantitative estimate of drug-likeness (QED) is 0.652. The number of carbonyl (C=O) groups is 2. The second kappa shape index (κ2) is 8.85. The van der Waals surface area contributed by atoms with Gasteiger partial charge in [0.05, 0.1) is 13.2 Å². The zero-order valence-corrected chi connectivity index (χ0v) is 19.6. The zero-order valence-electron chi connectivity index (χ0n) is 19.6. The summed E-state index contributed by atoms with van der Waals surface area (Å²) >= 11 is 0. The van der Waals surface area contributed by atoms with Gasteiger partial charge in [-0.3, -0.25) is 9.59 Å². The van der Waals surface area contributed by atoms with Gasteiger partial charge in [-0.2, -0.15) is 0 Å². The summed E-state index contributed by atoms with van der Waals surface area (Å²) in [6, 6.07) is 16.8. The molecule has 0 saturated heterocycles. The van der Waals surface area contributed by atoms with Crippen LogP contribution >= 0.6 is 0 Å². The zero-order chi connectivity index (χ0) is 23.0. The highest BCUT2D eigenvalue weighted by atomic mass is 16.5. The molecule has 4 bridgehead atoms. The van der Waals surface area contributed by atoms with Crippen LogP contribution in [0.3, 0.4) is 0 Å². The smallest absolute Gasteiger partial charge is 0.243 e. The minimum Gasteiger partial charge on any atom is -0.497 e. The molecule has 0 heterocycles. The first-order valence-corrected chi connectivity index (χ1v) is 12.3. The summed E-state index contributed by atoms with van der Waals surface area (Å²) in [5, 5.41) is 6.26. The van der Waals surface area contributed by atoms with Gasteiger partial charge in [0.2, 0.25) is 11.8 Å². The van der Waals surface area contributed by atoms with Crippen LogP contribution in [-0.2, 0) is 9.59 Å². The standard InChI is InChI=1S/C28H34N2O3/c1-18(29-27(32)28-15-19-12-20(16-28)14-21(13-19)17-28)26(31)30-25(22-6-4-3-5-7-22)23-8-10-24(33-2)11-9-23/h3-11,18-21,25H,12-17H2,1-2H3,(H,29,32)(H,30,31)/t18-,19?,20?,21?,25-,28?/m1/s1. The van der Waals surface area contributed by atoms with Crippen LogP contribution in [0.4, 0.5) is 0 Å². The Labute approximate surface area is 196 Å². The molecule has 2 N–H and O–H groups in total. The number of nitrogens with one attached hydrogen (secondary N) is 2. The summed E-state index contributed by atoms with van der Waals surface area (Å²) in [6.07, 6.45) is 6.88. The largest absolute Gasteiger partial charge is 0.497 e. The lowest BCUT2D eigenvalue weighted by atomic mass is 9.49. The monoisotopic (exact) mass is 446 g/mol. The van der Waals surface area contributed by atoms with Gasteiger partial charge < -0.3 is 15.4 Å². The molecule has 0 radical (unpaired) electrons. The molecule has 4 saturated carbocycles. The Balaban J connectivity index is 1.29. The van der Waals surface area contributed by atoms with Crippen LogP contribution < -0.4 is 15.4 Å². The molecular formula is C28H34N2O3. The van der Waals surface area contributed by atoms with Gasteiger partial charge in [-0.15, -0.1) is 0 Å². The van der Waals surface area contributed by atoms with Crippen molar-refractivity contribution in [1.29, 1.82) is 0 Å². The lowest BCUT2D eigenvalue weighted by molar-refractivity contribution is -0.148. The maximum Gasteiger partial charge on any atom is 0.243 e. The van der Waals surface area contributed by atoms with Crippen molar-refractivity contribution in [2.75, 3.05) is 7.11 Å². The van der Waals surface area contributed by atoms with E-state index in [-0.39, 0.29) is 23.3 Å². The molecule has 2 aromatic carbocycles. The topological polar surface area (TPSA) is 67.4 Å². The summed E-state index contributed by atoms with van der Waals surface area (Å²) in [5.74, 6) is 2.78. The molecule has 174 valence electrons. The summed E-state index contributed by atoms with van der Waals surface area (Å²) in [5.41, 5.74) is 1.71. The van der Waals surface area contributed by atoms with E-state index in [1.165, 1.54) is 19.3 Å². The maximum absolute atomic E-state index is 13.4. The number of ether oxygens (including phenoxy) is 1. The minimum atomic E-state index is -0.588. The first-order chi connectivity index (χ1) is 16.0. The molecule has 4 fully saturated rings. The Kier molecular flexibility index (Phi) is 5.90. The molecule has 6 rings (SSSR count). The van der Waals surface area contributed by atoms with Gasteiger partial charge >= 0.3 is 0 Å². The van der Waals surface area contributed by atoms with E-state index in [2.05, 4.69) is 10.6 Å². The molecule has 4 aliphatic carbocycles. The van der Waals surface area contributed by atoms with Crippen molar-refractivity contribution >= 4 is 11.8 Å². The Morgan fingerprint density at radius 2 is 1.39 bits per heavy atom. The van der Waals surface area contributed by atoms with Crippen molar-refractivity contribution in [3.8, 4) is 5.75 Å². The minimum absolute atomic E-state index is 0.0879. The maximum atomic E-state index is 13.4. The molecule has 33 heavy (non-hydrogen) atoms. The number of rotatable bonds is 7. The van der Waals surface area contributed by atoms with E-state index in [0.717, 1.165) is 36.1 Å². The van der Waals surface area contributed by atoms with Crippen LogP contribution in [0.2, 0.25) is 0 Å². The van der Waals surface area contributed by atoms with Crippen molar-refractivity contribution in [2.24, 2.45) is 23.2 Å². The van der Waals surface area contributed by atoms with Crippen LogP contribution in [0.15, 0.2) is 54.6 Å². The number of hydrogen-bond acceptors (Lipinski definition) is 3. The van der Waals surface area contributed by atoms with Gasteiger partial charge in [-0.05, 0) is 86.5 Å². The van der Waals surface area contributed by atoms with Gasteiger partial charge in [0.1, 0.15) is 11.8 Å². The van der Waals surface area contributed by atoms with Crippen LogP contribution in [0, 0.1) is 23.2 Å². The number of benzene rings is 2. The summed E-state index contributed by atoms with van der Waals surface area (Å²) in [6.45, 7) is 1.80. The van der Waals surface area contributed by atoms with Gasteiger partial charge in [-0.25, -0.2) is 0 Å². The van der Waals surface area contributed by atoms with Crippen LogP contribution in [0.1, 0.15) is 62.6 Å². The third-order valence-electron chi connectivity index (χ3n) is 8.13. The number of methoxy groups -OCH3 is 1. The molecule has 0 unspecified atom stereocenters. The lowest BCUT2D eigenvalue weighted by Crippen LogP contribution is -2.56. The van der Waals surface area contributed by atoms with Gasteiger partial charge in [0.25, 0.3) is 0 Å². The summed E-state index contributed by atoms with van der Waals surface area (Å²) < 4.78 is 5.28. The number of hydrogen-bond donors (Lipinski definition) is 2. The van der Waals surface area contributed by atoms with Crippen LogP contribution in [-0.4, -0.2) is 25.0 Å². The molecule has 2 aromatic rings. The Bertz CT molecular complexity index is 966. The third-order valence-corrected chi connectivity index (χ3v) is 8.13. The Morgan fingerprint density at radius 3 is 1.94 bits per heavy atom. The number of carbonyl (C=O) groups excluding carboxylic acids is 2. The van der Waals surface area contributed by atoms with Crippen molar-refractivity contribution in [2.45, 2.75) is 57.5 Å². The first kappa shape index (κ1) is 22.0. The summed E-state index contributed by atoms with van der Waals surface area (Å²) in [4.78, 5) is 26.6. The fraction of sp³-hybridized carbons (Fsp3) is 0.500. The van der Waals surface area contributed by atoms with E-state index in [0.29, 0.717) is 17.8 Å². The molecule has 0 spiro atoms. The van der Waals surface area contributed by atoms with Gasteiger partial charge in [0.15, 0.2) is 0 Å². The van der Waals surface area contributed by atoms with E-state index in [1.54, 1.807) is 14.0 Å². The van der Waals surface area contributed by atoms with E-state index in [9.17, 15) is 9.59 Å². The summed E-state index contributed by atoms with van der Waals surface area (Å²) in [7, 11) is 1.64. The van der Waals surface area contributed by atoms with Crippen molar-refractivity contribution in [1.82, 2.24) is 10.6 Å². The second-order valence-electron chi connectivity index (χ2n) is 10.5. The molecule has 0 aromatic heterocycles. The molecule has 0 aliphatic heterocycles. The molecule has 2 amide bonds. The van der Waals surface area contributed by atoms with E-state index < -0.39 is 6.04 Å². The highest BCUT2D eigenvalue weighted by Gasteiger charge is 2.54. The second-order valence-corrected chi connectivity index (χ2v) is 10.5.